The highest BCUT2D eigenvalue weighted by Gasteiger charge is 2.08. The Bertz CT molecular complexity index is 287. The quantitative estimate of drug-likeness (QED) is 0.754. The van der Waals surface area contributed by atoms with Crippen LogP contribution in [-0.4, -0.2) is 21.2 Å². The standard InChI is InChI=1S/C9H14N2O2/c1-5(2)13-9-10-7(4)6(3)8(12)11-9/h5H,1-4H3,(H,10,11,12). The van der Waals surface area contributed by atoms with Crippen molar-refractivity contribution in [3.05, 3.63) is 11.3 Å². The molecule has 4 heteroatoms. The maximum Gasteiger partial charge on any atom is 0.320 e. The predicted molar refractivity (Wildman–Crippen MR) is 48.9 cm³/mol. The van der Waals surface area contributed by atoms with Gasteiger partial charge in [-0.05, 0) is 27.7 Å². The monoisotopic (exact) mass is 182 g/mol. The zero-order valence-electron chi connectivity index (χ0n) is 8.33. The molecule has 1 aromatic heterocycles. The molecule has 0 aliphatic rings. The number of rotatable bonds is 2. The van der Waals surface area contributed by atoms with Crippen molar-refractivity contribution in [2.24, 2.45) is 0 Å². The summed E-state index contributed by atoms with van der Waals surface area (Å²) in [6.45, 7) is 7.35. The van der Waals surface area contributed by atoms with Gasteiger partial charge in [-0.25, -0.2) is 4.98 Å². The highest BCUT2D eigenvalue weighted by Crippen LogP contribution is 2.18. The SMILES string of the molecule is Cc1nc(OC(C)C)nc(O)c1C. The summed E-state index contributed by atoms with van der Waals surface area (Å²) < 4.78 is 5.25. The Labute approximate surface area is 77.6 Å². The summed E-state index contributed by atoms with van der Waals surface area (Å²) in [5, 5.41) is 9.36. The molecule has 13 heavy (non-hydrogen) atoms. The summed E-state index contributed by atoms with van der Waals surface area (Å²) in [7, 11) is 0. The third kappa shape index (κ3) is 2.31. The fourth-order valence-electron chi connectivity index (χ4n) is 0.852. The summed E-state index contributed by atoms with van der Waals surface area (Å²) in [6.07, 6.45) is 0.0153. The minimum absolute atomic E-state index is 0.0110. The normalized spacial score (nSPS) is 10.5. The van der Waals surface area contributed by atoms with Crippen LogP contribution in [0.1, 0.15) is 25.1 Å². The second-order valence-corrected chi connectivity index (χ2v) is 3.21. The van der Waals surface area contributed by atoms with Crippen LogP contribution in [-0.2, 0) is 0 Å². The van der Waals surface area contributed by atoms with E-state index in [4.69, 9.17) is 4.74 Å². The van der Waals surface area contributed by atoms with Crippen LogP contribution >= 0.6 is 0 Å². The first kappa shape index (κ1) is 9.77. The number of hydrogen-bond donors (Lipinski definition) is 1. The van der Waals surface area contributed by atoms with Crippen molar-refractivity contribution in [2.45, 2.75) is 33.8 Å². The lowest BCUT2D eigenvalue weighted by Gasteiger charge is -2.09. The number of hydrogen-bond acceptors (Lipinski definition) is 4. The molecule has 0 aliphatic heterocycles. The molecule has 4 nitrogen and oxygen atoms in total. The topological polar surface area (TPSA) is 55.2 Å². The number of aromatic hydroxyl groups is 1. The van der Waals surface area contributed by atoms with Crippen LogP contribution in [0.4, 0.5) is 0 Å². The molecule has 0 amide bonds. The van der Waals surface area contributed by atoms with Gasteiger partial charge in [0.2, 0.25) is 5.88 Å². The second kappa shape index (κ2) is 3.60. The maximum atomic E-state index is 9.36. The summed E-state index contributed by atoms with van der Waals surface area (Å²) in [5.41, 5.74) is 1.43. The van der Waals surface area contributed by atoms with E-state index in [-0.39, 0.29) is 18.0 Å². The zero-order chi connectivity index (χ0) is 10.0. The lowest BCUT2D eigenvalue weighted by atomic mass is 10.3. The Balaban J connectivity index is 2.99. The van der Waals surface area contributed by atoms with E-state index >= 15 is 0 Å². The van der Waals surface area contributed by atoms with Crippen LogP contribution in [0.25, 0.3) is 0 Å². The van der Waals surface area contributed by atoms with E-state index in [1.54, 1.807) is 6.92 Å². The first-order valence-corrected chi connectivity index (χ1v) is 4.21. The van der Waals surface area contributed by atoms with Gasteiger partial charge in [-0.1, -0.05) is 0 Å². The van der Waals surface area contributed by atoms with Gasteiger partial charge in [0.05, 0.1) is 11.8 Å². The molecule has 1 rings (SSSR count). The minimum Gasteiger partial charge on any atom is -0.493 e. The molecule has 0 fully saturated rings. The molecule has 0 aromatic carbocycles. The molecular weight excluding hydrogens is 168 g/mol. The fourth-order valence-corrected chi connectivity index (χ4v) is 0.852. The number of nitrogens with zero attached hydrogens (tertiary/aromatic N) is 2. The van der Waals surface area contributed by atoms with Crippen molar-refractivity contribution in [1.29, 1.82) is 0 Å². The van der Waals surface area contributed by atoms with Gasteiger partial charge >= 0.3 is 6.01 Å². The number of ether oxygens (including phenoxy) is 1. The molecular formula is C9H14N2O2. The van der Waals surface area contributed by atoms with Crippen LogP contribution in [0.5, 0.6) is 11.9 Å². The second-order valence-electron chi connectivity index (χ2n) is 3.21. The van der Waals surface area contributed by atoms with Crippen LogP contribution in [0.3, 0.4) is 0 Å². The largest absolute Gasteiger partial charge is 0.493 e. The fraction of sp³-hybridized carbons (Fsp3) is 0.556. The number of aromatic nitrogens is 2. The highest BCUT2D eigenvalue weighted by atomic mass is 16.5. The molecule has 72 valence electrons. The third-order valence-electron chi connectivity index (χ3n) is 1.68. The van der Waals surface area contributed by atoms with Gasteiger partial charge in [-0.15, -0.1) is 0 Å². The molecule has 0 radical (unpaired) electrons. The summed E-state index contributed by atoms with van der Waals surface area (Å²) in [5.74, 6) is -0.0110. The molecule has 0 spiro atoms. The highest BCUT2D eigenvalue weighted by molar-refractivity contribution is 5.28. The molecule has 0 atom stereocenters. The van der Waals surface area contributed by atoms with E-state index in [0.717, 1.165) is 5.69 Å². The Hall–Kier alpha value is -1.32. The van der Waals surface area contributed by atoms with Gasteiger partial charge in [-0.3, -0.25) is 0 Å². The van der Waals surface area contributed by atoms with E-state index in [2.05, 4.69) is 9.97 Å². The molecule has 1 heterocycles. The summed E-state index contributed by atoms with van der Waals surface area (Å²) >= 11 is 0. The van der Waals surface area contributed by atoms with Gasteiger partial charge in [-0.2, -0.15) is 4.98 Å². The van der Waals surface area contributed by atoms with Crippen molar-refractivity contribution >= 4 is 0 Å². The first-order chi connectivity index (χ1) is 6.00. The molecule has 1 aromatic rings. The van der Waals surface area contributed by atoms with Crippen LogP contribution in [0.2, 0.25) is 0 Å². The molecule has 0 aliphatic carbocycles. The maximum absolute atomic E-state index is 9.36. The summed E-state index contributed by atoms with van der Waals surface area (Å²) in [4.78, 5) is 7.88. The van der Waals surface area contributed by atoms with Gasteiger partial charge in [0.25, 0.3) is 0 Å². The van der Waals surface area contributed by atoms with Crippen LogP contribution in [0.15, 0.2) is 0 Å². The Morgan fingerprint density at radius 1 is 1.23 bits per heavy atom. The van der Waals surface area contributed by atoms with Crippen molar-refractivity contribution in [3.63, 3.8) is 0 Å². The Kier molecular flexibility index (Phi) is 2.70. The molecule has 1 N–H and O–H groups in total. The van der Waals surface area contributed by atoms with E-state index in [1.807, 2.05) is 20.8 Å². The van der Waals surface area contributed by atoms with E-state index in [9.17, 15) is 5.11 Å². The van der Waals surface area contributed by atoms with E-state index in [1.165, 1.54) is 0 Å². The average Bonchev–Trinajstić information content (AvgIpc) is 1.98. The van der Waals surface area contributed by atoms with Crippen molar-refractivity contribution in [2.75, 3.05) is 0 Å². The van der Waals surface area contributed by atoms with Gasteiger partial charge in [0.1, 0.15) is 0 Å². The zero-order valence-corrected chi connectivity index (χ0v) is 8.33. The first-order valence-electron chi connectivity index (χ1n) is 4.21. The molecule has 0 unspecified atom stereocenters. The molecule has 0 saturated carbocycles. The van der Waals surface area contributed by atoms with E-state index in [0.29, 0.717) is 5.56 Å². The predicted octanol–water partition coefficient (Wildman–Crippen LogP) is 1.59. The van der Waals surface area contributed by atoms with Crippen molar-refractivity contribution in [1.82, 2.24) is 9.97 Å². The minimum atomic E-state index is -0.0110. The lowest BCUT2D eigenvalue weighted by Crippen LogP contribution is -2.09. The average molecular weight is 182 g/mol. The van der Waals surface area contributed by atoms with Crippen LogP contribution in [0, 0.1) is 13.8 Å². The van der Waals surface area contributed by atoms with Crippen molar-refractivity contribution in [3.8, 4) is 11.9 Å². The Morgan fingerprint density at radius 3 is 2.31 bits per heavy atom. The van der Waals surface area contributed by atoms with Crippen molar-refractivity contribution < 1.29 is 9.84 Å². The third-order valence-corrected chi connectivity index (χ3v) is 1.68. The summed E-state index contributed by atoms with van der Waals surface area (Å²) in [6, 6.07) is 0.232. The lowest BCUT2D eigenvalue weighted by molar-refractivity contribution is 0.218. The van der Waals surface area contributed by atoms with Gasteiger partial charge in [0.15, 0.2) is 0 Å². The van der Waals surface area contributed by atoms with Gasteiger partial charge in [0, 0.05) is 5.56 Å². The smallest absolute Gasteiger partial charge is 0.320 e. The van der Waals surface area contributed by atoms with E-state index < -0.39 is 0 Å². The molecule has 0 bridgehead atoms. The molecule has 0 saturated heterocycles. The van der Waals surface area contributed by atoms with Gasteiger partial charge < -0.3 is 9.84 Å². The number of aryl methyl sites for hydroxylation is 1. The Morgan fingerprint density at radius 2 is 1.85 bits per heavy atom. The van der Waals surface area contributed by atoms with Crippen LogP contribution < -0.4 is 4.74 Å².